The van der Waals surface area contributed by atoms with Crippen molar-refractivity contribution >= 4 is 28.4 Å². The van der Waals surface area contributed by atoms with E-state index in [0.717, 1.165) is 48.4 Å². The van der Waals surface area contributed by atoms with Crippen molar-refractivity contribution in [3.8, 4) is 0 Å². The molecule has 1 fully saturated rings. The number of fused-ring (bicyclic) bond motifs is 1. The molecule has 0 saturated carbocycles. The van der Waals surface area contributed by atoms with Gasteiger partial charge in [-0.1, -0.05) is 11.3 Å². The Labute approximate surface area is 160 Å². The Morgan fingerprint density at radius 2 is 2.33 bits per heavy atom. The van der Waals surface area contributed by atoms with E-state index >= 15 is 0 Å². The number of carbonyl (C=O) groups excluding carboxylic acids is 1. The number of anilines is 2. The lowest BCUT2D eigenvalue weighted by molar-refractivity contribution is 0.00670. The fraction of sp³-hybridized carbons (Fsp3) is 0.529. The number of carbonyl (C=O) groups is 1. The summed E-state index contributed by atoms with van der Waals surface area (Å²) >= 11 is 1.46. The largest absolute Gasteiger partial charge is 0.394 e. The van der Waals surface area contributed by atoms with Crippen LogP contribution in [0.4, 0.5) is 15.9 Å². The Morgan fingerprint density at radius 3 is 3.07 bits per heavy atom. The molecule has 2 amide bonds. The van der Waals surface area contributed by atoms with Crippen LogP contribution < -0.4 is 15.5 Å². The highest BCUT2D eigenvalue weighted by atomic mass is 32.1. The first-order valence-electron chi connectivity index (χ1n) is 8.95. The number of nitrogens with zero attached hydrogens (tertiary/aromatic N) is 4. The van der Waals surface area contributed by atoms with Crippen LogP contribution in [0, 0.1) is 0 Å². The quantitative estimate of drug-likeness (QED) is 0.701. The summed E-state index contributed by atoms with van der Waals surface area (Å²) in [6.07, 6.45) is 2.58. The molecule has 4 heterocycles. The molecule has 0 radical (unpaired) electrons. The second-order valence-corrected chi connectivity index (χ2v) is 7.84. The lowest BCUT2D eigenvalue weighted by Gasteiger charge is -2.28. The van der Waals surface area contributed by atoms with Gasteiger partial charge in [-0.25, -0.2) is 19.7 Å². The van der Waals surface area contributed by atoms with Crippen molar-refractivity contribution in [2.24, 2.45) is 0 Å². The minimum absolute atomic E-state index is 0.108. The molecule has 144 valence electrons. The fourth-order valence-corrected chi connectivity index (χ4v) is 3.99. The number of nitrogens with one attached hydrogen (secondary N) is 2. The first kappa shape index (κ1) is 18.1. The van der Waals surface area contributed by atoms with Crippen LogP contribution in [0.2, 0.25) is 0 Å². The third-order valence-electron chi connectivity index (χ3n) is 4.61. The highest BCUT2D eigenvalue weighted by Gasteiger charge is 2.26. The molecule has 2 aromatic rings. The Kier molecular flexibility index (Phi) is 5.19. The molecule has 0 aromatic carbocycles. The normalized spacial score (nSPS) is 17.8. The SMILES string of the molecule is C[C@H](CO)NC(=O)Nc1nc2c(s1)CN(c1nccc(C3COC3)n1)CC2. The number of rotatable bonds is 5. The number of hydrogen-bond acceptors (Lipinski definition) is 8. The molecule has 0 aliphatic carbocycles. The van der Waals surface area contributed by atoms with Gasteiger partial charge in [0.1, 0.15) is 0 Å². The average Bonchev–Trinajstić information content (AvgIpc) is 3.01. The van der Waals surface area contributed by atoms with Crippen molar-refractivity contribution < 1.29 is 14.6 Å². The van der Waals surface area contributed by atoms with Crippen LogP contribution in [0.1, 0.15) is 29.1 Å². The molecule has 2 aromatic heterocycles. The molecular formula is C17H22N6O3S. The number of aromatic nitrogens is 3. The molecule has 1 atom stereocenters. The van der Waals surface area contributed by atoms with E-state index in [9.17, 15) is 4.79 Å². The Bertz CT molecular complexity index is 825. The van der Waals surface area contributed by atoms with Gasteiger partial charge in [0.05, 0.1) is 43.8 Å². The van der Waals surface area contributed by atoms with Gasteiger partial charge in [0, 0.05) is 30.0 Å². The summed E-state index contributed by atoms with van der Waals surface area (Å²) in [4.78, 5) is 28.8. The van der Waals surface area contributed by atoms with Crippen molar-refractivity contribution in [3.05, 3.63) is 28.5 Å². The summed E-state index contributed by atoms with van der Waals surface area (Å²) in [5.41, 5.74) is 2.03. The van der Waals surface area contributed by atoms with Crippen LogP contribution in [-0.4, -0.2) is 58.5 Å². The average molecular weight is 390 g/mol. The van der Waals surface area contributed by atoms with Gasteiger partial charge in [0.2, 0.25) is 5.95 Å². The van der Waals surface area contributed by atoms with E-state index in [2.05, 4.69) is 25.5 Å². The number of urea groups is 1. The lowest BCUT2D eigenvalue weighted by Crippen LogP contribution is -2.38. The predicted octanol–water partition coefficient (Wildman–Crippen LogP) is 1.11. The topological polar surface area (TPSA) is 112 Å². The van der Waals surface area contributed by atoms with Gasteiger partial charge < -0.3 is 20.1 Å². The number of ether oxygens (including phenoxy) is 1. The maximum Gasteiger partial charge on any atom is 0.321 e. The summed E-state index contributed by atoms with van der Waals surface area (Å²) in [7, 11) is 0. The van der Waals surface area contributed by atoms with E-state index in [0.29, 0.717) is 17.6 Å². The molecule has 9 nitrogen and oxygen atoms in total. The van der Waals surface area contributed by atoms with E-state index in [1.165, 1.54) is 11.3 Å². The number of aliphatic hydroxyl groups is 1. The maximum absolute atomic E-state index is 11.9. The molecule has 0 spiro atoms. The van der Waals surface area contributed by atoms with Gasteiger partial charge in [-0.15, -0.1) is 0 Å². The summed E-state index contributed by atoms with van der Waals surface area (Å²) in [5, 5.41) is 15.0. The molecule has 2 aliphatic rings. The summed E-state index contributed by atoms with van der Waals surface area (Å²) in [6, 6.07) is 1.28. The Morgan fingerprint density at radius 1 is 1.48 bits per heavy atom. The second kappa shape index (κ2) is 7.75. The number of hydrogen-bond donors (Lipinski definition) is 3. The zero-order valence-corrected chi connectivity index (χ0v) is 15.8. The van der Waals surface area contributed by atoms with Gasteiger partial charge in [0.25, 0.3) is 0 Å². The van der Waals surface area contributed by atoms with Gasteiger partial charge in [-0.3, -0.25) is 5.32 Å². The zero-order valence-electron chi connectivity index (χ0n) is 15.0. The number of amides is 2. The third kappa shape index (κ3) is 4.02. The first-order valence-corrected chi connectivity index (χ1v) is 9.76. The van der Waals surface area contributed by atoms with Crippen LogP contribution in [0.15, 0.2) is 12.3 Å². The third-order valence-corrected chi connectivity index (χ3v) is 5.60. The van der Waals surface area contributed by atoms with Crippen molar-refractivity contribution in [3.63, 3.8) is 0 Å². The van der Waals surface area contributed by atoms with Crippen LogP contribution in [0.5, 0.6) is 0 Å². The second-order valence-electron chi connectivity index (χ2n) is 6.76. The number of aliphatic hydroxyl groups excluding tert-OH is 1. The smallest absolute Gasteiger partial charge is 0.321 e. The van der Waals surface area contributed by atoms with Gasteiger partial charge in [0.15, 0.2) is 5.13 Å². The molecule has 3 N–H and O–H groups in total. The van der Waals surface area contributed by atoms with E-state index in [1.54, 1.807) is 13.1 Å². The highest BCUT2D eigenvalue weighted by molar-refractivity contribution is 7.15. The first-order chi connectivity index (χ1) is 13.1. The molecule has 0 unspecified atom stereocenters. The minimum atomic E-state index is -0.363. The van der Waals surface area contributed by atoms with Crippen molar-refractivity contribution in [2.45, 2.75) is 31.8 Å². The van der Waals surface area contributed by atoms with Gasteiger partial charge >= 0.3 is 6.03 Å². The fourth-order valence-electron chi connectivity index (χ4n) is 2.97. The van der Waals surface area contributed by atoms with Crippen molar-refractivity contribution in [2.75, 3.05) is 36.6 Å². The van der Waals surface area contributed by atoms with Crippen LogP contribution >= 0.6 is 11.3 Å². The summed E-state index contributed by atoms with van der Waals surface area (Å²) < 4.78 is 5.25. The van der Waals surface area contributed by atoms with Crippen LogP contribution in [0.25, 0.3) is 0 Å². The zero-order chi connectivity index (χ0) is 18.8. The summed E-state index contributed by atoms with van der Waals surface area (Å²) in [5.74, 6) is 1.09. The van der Waals surface area contributed by atoms with Crippen LogP contribution in [0.3, 0.4) is 0 Å². The van der Waals surface area contributed by atoms with Gasteiger partial charge in [-0.2, -0.15) is 0 Å². The van der Waals surface area contributed by atoms with Crippen LogP contribution in [-0.2, 0) is 17.7 Å². The maximum atomic E-state index is 11.9. The molecule has 1 saturated heterocycles. The molecule has 10 heteroatoms. The minimum Gasteiger partial charge on any atom is -0.394 e. The predicted molar refractivity (Wildman–Crippen MR) is 101 cm³/mol. The van der Waals surface area contributed by atoms with E-state index in [1.807, 2.05) is 6.07 Å². The monoisotopic (exact) mass is 390 g/mol. The molecule has 0 bridgehead atoms. The molecular weight excluding hydrogens is 368 g/mol. The van der Waals surface area contributed by atoms with E-state index < -0.39 is 0 Å². The summed E-state index contributed by atoms with van der Waals surface area (Å²) in [6.45, 7) is 4.53. The Balaban J connectivity index is 1.43. The molecule has 4 rings (SSSR count). The van der Waals surface area contributed by atoms with E-state index in [4.69, 9.17) is 14.8 Å². The molecule has 2 aliphatic heterocycles. The van der Waals surface area contributed by atoms with Gasteiger partial charge in [-0.05, 0) is 13.0 Å². The molecule has 27 heavy (non-hydrogen) atoms. The Hall–Kier alpha value is -2.30. The number of thiazole rings is 1. The standard InChI is InChI=1S/C17H22N6O3S/c1-10(7-24)19-16(25)22-17-21-13-3-5-23(6-14(13)27-17)15-18-4-2-12(20-15)11-8-26-9-11/h2,4,10-11,24H,3,5-9H2,1H3,(H2,19,21,22,25)/t10-/m1/s1. The van der Waals surface area contributed by atoms with Crippen molar-refractivity contribution in [1.29, 1.82) is 0 Å². The van der Waals surface area contributed by atoms with E-state index in [-0.39, 0.29) is 18.7 Å². The van der Waals surface area contributed by atoms with Crippen molar-refractivity contribution in [1.82, 2.24) is 20.3 Å². The highest BCUT2D eigenvalue weighted by Crippen LogP contribution is 2.30. The lowest BCUT2D eigenvalue weighted by atomic mass is 10.0.